The summed E-state index contributed by atoms with van der Waals surface area (Å²) in [5, 5.41) is 0.688. The quantitative estimate of drug-likeness (QED) is 0.521. The molecule has 0 saturated heterocycles. The van der Waals surface area contributed by atoms with Crippen molar-refractivity contribution in [3.63, 3.8) is 0 Å². The van der Waals surface area contributed by atoms with Crippen LogP contribution in [-0.2, 0) is 18.4 Å². The van der Waals surface area contributed by atoms with Crippen molar-refractivity contribution >= 4 is 16.9 Å². The molecule has 0 aliphatic heterocycles. The van der Waals surface area contributed by atoms with E-state index in [2.05, 4.69) is 0 Å². The Morgan fingerprint density at radius 2 is 1.81 bits per heavy atom. The maximum absolute atomic E-state index is 12.8. The van der Waals surface area contributed by atoms with Crippen LogP contribution in [0.4, 0.5) is 0 Å². The highest BCUT2D eigenvalue weighted by Gasteiger charge is 2.18. The van der Waals surface area contributed by atoms with Gasteiger partial charge in [0.1, 0.15) is 12.4 Å². The predicted octanol–water partition coefficient (Wildman–Crippen LogP) is 3.05. The lowest BCUT2D eigenvalue weighted by molar-refractivity contribution is -0.131. The number of methoxy groups -OCH3 is 1. The third-order valence-electron chi connectivity index (χ3n) is 3.97. The molecule has 0 radical (unpaired) electrons. The summed E-state index contributed by atoms with van der Waals surface area (Å²) in [6.45, 7) is 1.58. The molecule has 0 amide bonds. The lowest BCUT2D eigenvalue weighted by Gasteiger charge is -2.16. The first kappa shape index (κ1) is 17.5. The number of nitrogens with zero attached hydrogens (tertiary/aromatic N) is 1. The molecule has 6 heteroatoms. The molecule has 0 saturated carbocycles. The van der Waals surface area contributed by atoms with Gasteiger partial charge in [0.05, 0.1) is 12.6 Å². The molecule has 0 N–H and O–H groups in total. The van der Waals surface area contributed by atoms with Crippen LogP contribution >= 0.6 is 0 Å². The molecule has 6 nitrogen and oxygen atoms in total. The Hall–Kier alpha value is -3.28. The molecule has 0 unspecified atom stereocenters. The van der Waals surface area contributed by atoms with Crippen LogP contribution in [0.1, 0.15) is 12.5 Å². The maximum Gasteiger partial charge on any atom is 0.308 e. The van der Waals surface area contributed by atoms with Gasteiger partial charge in [-0.05, 0) is 17.7 Å². The third kappa shape index (κ3) is 3.39. The number of esters is 1. The van der Waals surface area contributed by atoms with Crippen LogP contribution in [-0.4, -0.2) is 17.6 Å². The van der Waals surface area contributed by atoms with Gasteiger partial charge < -0.3 is 18.8 Å². The van der Waals surface area contributed by atoms with Crippen LogP contribution in [0.25, 0.3) is 10.9 Å². The highest BCUT2D eigenvalue weighted by atomic mass is 16.5. The number of carbonyl (C=O) groups excluding carboxylic acids is 1. The molecule has 0 atom stereocenters. The second-order valence-electron chi connectivity index (χ2n) is 5.77. The van der Waals surface area contributed by atoms with E-state index in [9.17, 15) is 9.59 Å². The van der Waals surface area contributed by atoms with Gasteiger partial charge in [0.15, 0.2) is 5.75 Å². The van der Waals surface area contributed by atoms with Gasteiger partial charge in [-0.2, -0.15) is 0 Å². The Balaban J connectivity index is 2.07. The van der Waals surface area contributed by atoms with Crippen LogP contribution in [0.3, 0.4) is 0 Å². The third-order valence-corrected chi connectivity index (χ3v) is 3.97. The number of carbonyl (C=O) groups is 1. The van der Waals surface area contributed by atoms with Crippen LogP contribution in [0.15, 0.2) is 53.3 Å². The summed E-state index contributed by atoms with van der Waals surface area (Å²) in [7, 11) is 3.13. The van der Waals surface area contributed by atoms with Gasteiger partial charge in [-0.15, -0.1) is 0 Å². The topological polar surface area (TPSA) is 66.8 Å². The van der Waals surface area contributed by atoms with E-state index < -0.39 is 5.97 Å². The number of aromatic nitrogens is 1. The SMILES string of the molecule is COc1c(OCc2ccccc2)c(=O)n(C)c2cc(OC(C)=O)ccc12. The van der Waals surface area contributed by atoms with Crippen molar-refractivity contribution in [2.75, 3.05) is 7.11 Å². The van der Waals surface area contributed by atoms with E-state index in [1.165, 1.54) is 18.6 Å². The summed E-state index contributed by atoms with van der Waals surface area (Å²) in [5.74, 6) is 0.434. The first-order valence-electron chi connectivity index (χ1n) is 8.07. The van der Waals surface area contributed by atoms with Crippen molar-refractivity contribution in [2.45, 2.75) is 13.5 Å². The smallest absolute Gasteiger partial charge is 0.308 e. The Morgan fingerprint density at radius 1 is 1.08 bits per heavy atom. The zero-order valence-electron chi connectivity index (χ0n) is 14.8. The Morgan fingerprint density at radius 3 is 2.46 bits per heavy atom. The highest BCUT2D eigenvalue weighted by molar-refractivity contribution is 5.89. The van der Waals surface area contributed by atoms with E-state index in [0.29, 0.717) is 22.4 Å². The molecule has 0 fully saturated rings. The number of pyridine rings is 1. The van der Waals surface area contributed by atoms with Crippen LogP contribution in [0, 0.1) is 0 Å². The highest BCUT2D eigenvalue weighted by Crippen LogP contribution is 2.34. The van der Waals surface area contributed by atoms with Gasteiger partial charge in [-0.3, -0.25) is 9.59 Å². The molecule has 134 valence electrons. The van der Waals surface area contributed by atoms with Gasteiger partial charge in [-0.25, -0.2) is 0 Å². The molecule has 2 aromatic carbocycles. The molecular weight excluding hydrogens is 334 g/mol. The number of hydrogen-bond acceptors (Lipinski definition) is 5. The summed E-state index contributed by atoms with van der Waals surface area (Å²) < 4.78 is 17.8. The molecule has 1 heterocycles. The number of ether oxygens (including phenoxy) is 3. The van der Waals surface area contributed by atoms with Gasteiger partial charge in [-0.1, -0.05) is 30.3 Å². The Labute approximate surface area is 150 Å². The summed E-state index contributed by atoms with van der Waals surface area (Å²) in [5.41, 5.74) is 1.20. The number of fused-ring (bicyclic) bond motifs is 1. The number of rotatable bonds is 5. The Kier molecular flexibility index (Phi) is 4.93. The van der Waals surface area contributed by atoms with Crippen LogP contribution in [0.5, 0.6) is 17.2 Å². The van der Waals surface area contributed by atoms with E-state index >= 15 is 0 Å². The second kappa shape index (κ2) is 7.31. The summed E-state index contributed by atoms with van der Waals surface area (Å²) >= 11 is 0. The largest absolute Gasteiger partial charge is 0.492 e. The van der Waals surface area contributed by atoms with Crippen molar-refractivity contribution < 1.29 is 19.0 Å². The first-order valence-corrected chi connectivity index (χ1v) is 8.07. The number of benzene rings is 2. The average Bonchev–Trinajstić information content (AvgIpc) is 2.64. The van der Waals surface area contributed by atoms with Crippen molar-refractivity contribution in [3.05, 3.63) is 64.4 Å². The van der Waals surface area contributed by atoms with E-state index in [0.717, 1.165) is 5.56 Å². The molecule has 3 aromatic rings. The zero-order valence-corrected chi connectivity index (χ0v) is 14.8. The van der Waals surface area contributed by atoms with Crippen LogP contribution in [0.2, 0.25) is 0 Å². The van der Waals surface area contributed by atoms with E-state index in [1.807, 2.05) is 30.3 Å². The predicted molar refractivity (Wildman–Crippen MR) is 97.8 cm³/mol. The van der Waals surface area contributed by atoms with Crippen molar-refractivity contribution in [1.29, 1.82) is 0 Å². The minimum atomic E-state index is -0.427. The van der Waals surface area contributed by atoms with Gasteiger partial charge in [0, 0.05) is 25.4 Å². The first-order chi connectivity index (χ1) is 12.5. The molecule has 3 rings (SSSR count). The summed E-state index contributed by atoms with van der Waals surface area (Å²) in [6, 6.07) is 14.6. The Bertz CT molecular complexity index is 1010. The molecule has 26 heavy (non-hydrogen) atoms. The number of aryl methyl sites for hydroxylation is 1. The molecule has 0 spiro atoms. The van der Waals surface area contributed by atoms with Crippen molar-refractivity contribution in [2.24, 2.45) is 7.05 Å². The molecule has 0 aliphatic rings. The number of hydrogen-bond donors (Lipinski definition) is 0. The maximum atomic E-state index is 12.8. The molecular formula is C20H19NO5. The zero-order chi connectivity index (χ0) is 18.7. The molecule has 0 bridgehead atoms. The lowest BCUT2D eigenvalue weighted by atomic mass is 10.1. The van der Waals surface area contributed by atoms with Gasteiger partial charge in [0.25, 0.3) is 5.56 Å². The van der Waals surface area contributed by atoms with E-state index in [4.69, 9.17) is 14.2 Å². The minimum Gasteiger partial charge on any atom is -0.492 e. The molecule has 1 aromatic heterocycles. The fourth-order valence-electron chi connectivity index (χ4n) is 2.75. The van der Waals surface area contributed by atoms with Gasteiger partial charge >= 0.3 is 5.97 Å². The van der Waals surface area contributed by atoms with E-state index in [-0.39, 0.29) is 17.9 Å². The van der Waals surface area contributed by atoms with Crippen LogP contribution < -0.4 is 19.8 Å². The minimum absolute atomic E-state index is 0.145. The average molecular weight is 353 g/mol. The standard InChI is InChI=1S/C20H19NO5/c1-13(22)26-15-9-10-16-17(11-15)21(2)20(23)19(18(16)24-3)25-12-14-7-5-4-6-8-14/h4-11H,12H2,1-3H3. The monoisotopic (exact) mass is 353 g/mol. The summed E-state index contributed by atoms with van der Waals surface area (Å²) in [6.07, 6.45) is 0. The molecule has 0 aliphatic carbocycles. The van der Waals surface area contributed by atoms with Gasteiger partial charge in [0.2, 0.25) is 5.75 Å². The van der Waals surface area contributed by atoms with Crippen molar-refractivity contribution in [1.82, 2.24) is 4.57 Å². The lowest BCUT2D eigenvalue weighted by Crippen LogP contribution is -2.21. The van der Waals surface area contributed by atoms with Crippen molar-refractivity contribution in [3.8, 4) is 17.2 Å². The fraction of sp³-hybridized carbons (Fsp3) is 0.200. The summed E-state index contributed by atoms with van der Waals surface area (Å²) in [4.78, 5) is 23.9. The normalized spacial score (nSPS) is 10.6. The van der Waals surface area contributed by atoms with E-state index in [1.54, 1.807) is 25.2 Å². The second-order valence-corrected chi connectivity index (χ2v) is 5.77. The fourth-order valence-corrected chi connectivity index (χ4v) is 2.75.